The lowest BCUT2D eigenvalue weighted by atomic mass is 10.1. The number of rotatable bonds is 3. The second-order valence-corrected chi connectivity index (χ2v) is 4.71. The van der Waals surface area contributed by atoms with E-state index in [0.717, 1.165) is 10.0 Å². The molecule has 1 aromatic rings. The Labute approximate surface area is 113 Å². The Morgan fingerprint density at radius 3 is 2.89 bits per heavy atom. The summed E-state index contributed by atoms with van der Waals surface area (Å²) in [4.78, 5) is 26.4. The van der Waals surface area contributed by atoms with Crippen LogP contribution in [0.3, 0.4) is 0 Å². The Hall–Kier alpha value is -1.69. The minimum absolute atomic E-state index is 0.0832. The molecule has 0 atom stereocenters. The van der Waals surface area contributed by atoms with Crippen LogP contribution >= 0.6 is 15.9 Å². The van der Waals surface area contributed by atoms with E-state index >= 15 is 0 Å². The molecular weight excluding hydrogens is 298 g/mol. The smallest absolute Gasteiger partial charge is 0.248 e. The van der Waals surface area contributed by atoms with E-state index in [0.29, 0.717) is 12.8 Å². The van der Waals surface area contributed by atoms with Crippen molar-refractivity contribution in [2.75, 3.05) is 6.54 Å². The molecule has 1 heterocycles. The normalized spacial score (nSPS) is 14.1. The Bertz CT molecular complexity index is 514. The van der Waals surface area contributed by atoms with Crippen molar-refractivity contribution < 1.29 is 9.59 Å². The van der Waals surface area contributed by atoms with E-state index in [9.17, 15) is 9.59 Å². The molecule has 1 aromatic carbocycles. The van der Waals surface area contributed by atoms with Gasteiger partial charge in [0.25, 0.3) is 0 Å². The number of halogens is 1. The molecule has 0 radical (unpaired) electrons. The third-order valence-corrected chi connectivity index (χ3v) is 3.25. The molecule has 1 aliphatic heterocycles. The van der Waals surface area contributed by atoms with Gasteiger partial charge < -0.3 is 0 Å². The van der Waals surface area contributed by atoms with Gasteiger partial charge in [0, 0.05) is 10.9 Å². The fraction of sp³-hybridized carbons (Fsp3) is 0.250. The molecule has 18 heavy (non-hydrogen) atoms. The third kappa shape index (κ3) is 3.40. The van der Waals surface area contributed by atoms with Gasteiger partial charge in [-0.2, -0.15) is 0 Å². The zero-order valence-electron chi connectivity index (χ0n) is 9.57. The summed E-state index contributed by atoms with van der Waals surface area (Å²) >= 11 is 3.43. The van der Waals surface area contributed by atoms with E-state index in [1.807, 2.05) is 24.3 Å². The van der Waals surface area contributed by atoms with E-state index in [1.54, 1.807) is 0 Å². The van der Waals surface area contributed by atoms with Gasteiger partial charge in [0.2, 0.25) is 17.8 Å². The van der Waals surface area contributed by atoms with Crippen molar-refractivity contribution in [2.45, 2.75) is 12.8 Å². The van der Waals surface area contributed by atoms with Crippen molar-refractivity contribution in [1.82, 2.24) is 10.6 Å². The molecule has 0 spiro atoms. The number of aryl methyl sites for hydroxylation is 1. The van der Waals surface area contributed by atoms with Gasteiger partial charge in [-0.3, -0.25) is 20.2 Å². The van der Waals surface area contributed by atoms with Crippen molar-refractivity contribution in [2.24, 2.45) is 4.99 Å². The topological polar surface area (TPSA) is 70.6 Å². The van der Waals surface area contributed by atoms with Crippen molar-refractivity contribution >= 4 is 33.7 Å². The Balaban J connectivity index is 1.82. The zero-order chi connectivity index (χ0) is 13.0. The number of aliphatic imine (C=N–C) groups is 1. The Morgan fingerprint density at radius 1 is 1.44 bits per heavy atom. The number of hydrogen-bond donors (Lipinski definition) is 2. The van der Waals surface area contributed by atoms with Crippen molar-refractivity contribution in [3.8, 4) is 0 Å². The second kappa shape index (κ2) is 5.77. The van der Waals surface area contributed by atoms with Crippen LogP contribution in [0.15, 0.2) is 33.7 Å². The minimum Gasteiger partial charge on any atom is -0.296 e. The number of carbonyl (C=O) groups excluding carboxylic acids is 2. The van der Waals surface area contributed by atoms with Crippen LogP contribution < -0.4 is 10.6 Å². The molecule has 0 unspecified atom stereocenters. The first-order chi connectivity index (χ1) is 8.65. The lowest BCUT2D eigenvalue weighted by Gasteiger charge is -2.05. The summed E-state index contributed by atoms with van der Waals surface area (Å²) in [5, 5.41) is 5.03. The van der Waals surface area contributed by atoms with Crippen LogP contribution in [0.5, 0.6) is 0 Å². The predicted octanol–water partition coefficient (Wildman–Crippen LogP) is 0.984. The maximum Gasteiger partial charge on any atom is 0.248 e. The molecular formula is C12H12BrN3O2. The van der Waals surface area contributed by atoms with E-state index in [1.165, 1.54) is 0 Å². The van der Waals surface area contributed by atoms with Gasteiger partial charge in [0.1, 0.15) is 6.54 Å². The Kier molecular flexibility index (Phi) is 4.09. The number of benzene rings is 1. The summed E-state index contributed by atoms with van der Waals surface area (Å²) in [6, 6.07) is 7.76. The number of hydrogen-bond acceptors (Lipinski definition) is 3. The summed E-state index contributed by atoms with van der Waals surface area (Å²) in [5.41, 5.74) is 1.07. The molecule has 0 bridgehead atoms. The molecule has 0 fully saturated rings. The molecule has 2 rings (SSSR count). The molecule has 2 amide bonds. The first kappa shape index (κ1) is 12.8. The van der Waals surface area contributed by atoms with Crippen molar-refractivity contribution in [3.05, 3.63) is 34.3 Å². The number of nitrogens with zero attached hydrogens (tertiary/aromatic N) is 1. The standard InChI is InChI=1S/C12H12BrN3O2/c13-9-4-2-1-3-8(9)5-6-10(17)15-12-14-7-11(18)16-12/h1-4H,5-7H2,(H2,14,15,16,17,18). The van der Waals surface area contributed by atoms with Gasteiger partial charge in [0.15, 0.2) is 0 Å². The fourth-order valence-corrected chi connectivity index (χ4v) is 2.06. The molecule has 0 saturated heterocycles. The van der Waals surface area contributed by atoms with Gasteiger partial charge in [-0.15, -0.1) is 0 Å². The summed E-state index contributed by atoms with van der Waals surface area (Å²) in [6.07, 6.45) is 0.978. The van der Waals surface area contributed by atoms with Crippen molar-refractivity contribution in [1.29, 1.82) is 0 Å². The maximum absolute atomic E-state index is 11.6. The summed E-state index contributed by atoms with van der Waals surface area (Å²) < 4.78 is 0.990. The number of guanidine groups is 1. The summed E-state index contributed by atoms with van der Waals surface area (Å²) in [7, 11) is 0. The molecule has 0 aromatic heterocycles. The molecule has 5 nitrogen and oxygen atoms in total. The van der Waals surface area contributed by atoms with Crippen LogP contribution in [0.25, 0.3) is 0 Å². The van der Waals surface area contributed by atoms with E-state index in [-0.39, 0.29) is 24.3 Å². The quantitative estimate of drug-likeness (QED) is 0.874. The highest BCUT2D eigenvalue weighted by atomic mass is 79.9. The molecule has 1 aliphatic rings. The van der Waals surface area contributed by atoms with Gasteiger partial charge in [-0.25, -0.2) is 4.99 Å². The summed E-state index contributed by atoms with van der Waals surface area (Å²) in [5.74, 6) is -0.111. The maximum atomic E-state index is 11.6. The van der Waals surface area contributed by atoms with Gasteiger partial charge >= 0.3 is 0 Å². The van der Waals surface area contributed by atoms with Crippen molar-refractivity contribution in [3.63, 3.8) is 0 Å². The van der Waals surface area contributed by atoms with Crippen LogP contribution in [0.1, 0.15) is 12.0 Å². The average Bonchev–Trinajstić information content (AvgIpc) is 2.74. The second-order valence-electron chi connectivity index (χ2n) is 3.85. The molecule has 2 N–H and O–H groups in total. The lowest BCUT2D eigenvalue weighted by Crippen LogP contribution is -2.40. The van der Waals surface area contributed by atoms with Crippen LogP contribution in [-0.4, -0.2) is 24.3 Å². The largest absolute Gasteiger partial charge is 0.296 e. The fourth-order valence-electron chi connectivity index (χ4n) is 1.58. The predicted molar refractivity (Wildman–Crippen MR) is 71.1 cm³/mol. The molecule has 94 valence electrons. The van der Waals surface area contributed by atoms with Gasteiger partial charge in [-0.05, 0) is 18.1 Å². The highest BCUT2D eigenvalue weighted by molar-refractivity contribution is 9.10. The van der Waals surface area contributed by atoms with E-state index in [4.69, 9.17) is 0 Å². The van der Waals surface area contributed by atoms with Crippen LogP contribution in [0.2, 0.25) is 0 Å². The number of amides is 2. The van der Waals surface area contributed by atoms with Gasteiger partial charge in [-0.1, -0.05) is 34.1 Å². The highest BCUT2D eigenvalue weighted by Gasteiger charge is 2.15. The number of nitrogens with one attached hydrogen (secondary N) is 2. The minimum atomic E-state index is -0.198. The SMILES string of the molecule is O=C(CCc1ccccc1Br)NC1=NCC(=O)N1. The van der Waals surface area contributed by atoms with Crippen LogP contribution in [0.4, 0.5) is 0 Å². The first-order valence-electron chi connectivity index (χ1n) is 5.53. The average molecular weight is 310 g/mol. The zero-order valence-corrected chi connectivity index (χ0v) is 11.2. The Morgan fingerprint density at radius 2 is 2.22 bits per heavy atom. The monoisotopic (exact) mass is 309 g/mol. The van der Waals surface area contributed by atoms with Crippen LogP contribution in [0, 0.1) is 0 Å². The summed E-state index contributed by atoms with van der Waals surface area (Å²) in [6.45, 7) is 0.0832. The van der Waals surface area contributed by atoms with E-state index < -0.39 is 0 Å². The lowest BCUT2D eigenvalue weighted by molar-refractivity contribution is -0.119. The van der Waals surface area contributed by atoms with Gasteiger partial charge in [0.05, 0.1) is 0 Å². The molecule has 0 saturated carbocycles. The highest BCUT2D eigenvalue weighted by Crippen LogP contribution is 2.17. The van der Waals surface area contributed by atoms with E-state index in [2.05, 4.69) is 31.6 Å². The molecule has 0 aliphatic carbocycles. The molecule has 6 heteroatoms. The third-order valence-electron chi connectivity index (χ3n) is 2.48. The van der Waals surface area contributed by atoms with Crippen LogP contribution in [-0.2, 0) is 16.0 Å². The first-order valence-corrected chi connectivity index (χ1v) is 6.32. The number of carbonyl (C=O) groups is 2.